The minimum Gasteiger partial charge on any atom is -0.337 e. The molecule has 1 atom stereocenters. The monoisotopic (exact) mass is 248 g/mol. The summed E-state index contributed by atoms with van der Waals surface area (Å²) in [5, 5.41) is 7.60. The summed E-state index contributed by atoms with van der Waals surface area (Å²) in [4.78, 5) is 14.3. The van der Waals surface area contributed by atoms with Gasteiger partial charge in [-0.2, -0.15) is 5.10 Å². The van der Waals surface area contributed by atoms with E-state index in [0.717, 1.165) is 24.9 Å². The number of hydrogen-bond donors (Lipinski definition) is 1. The average molecular weight is 248 g/mol. The van der Waals surface area contributed by atoms with Gasteiger partial charge in [-0.25, -0.2) is 0 Å². The van der Waals surface area contributed by atoms with Gasteiger partial charge in [0.25, 0.3) is 0 Å². The minimum absolute atomic E-state index is 0.0444. The molecule has 2 aliphatic rings. The summed E-state index contributed by atoms with van der Waals surface area (Å²) in [6.45, 7) is 1.56. The number of nitrogens with zero attached hydrogens (tertiary/aromatic N) is 3. The van der Waals surface area contributed by atoms with E-state index in [0.29, 0.717) is 12.6 Å². The number of rotatable bonds is 4. The third-order valence-electron chi connectivity index (χ3n) is 3.68. The van der Waals surface area contributed by atoms with E-state index in [-0.39, 0.29) is 11.9 Å². The lowest BCUT2D eigenvalue weighted by molar-refractivity contribution is -0.136. The summed E-state index contributed by atoms with van der Waals surface area (Å²) in [7, 11) is 1.90. The molecule has 18 heavy (non-hydrogen) atoms. The first-order chi connectivity index (χ1) is 8.72. The van der Waals surface area contributed by atoms with Gasteiger partial charge in [-0.1, -0.05) is 0 Å². The Morgan fingerprint density at radius 3 is 2.94 bits per heavy atom. The molecule has 5 heteroatoms. The van der Waals surface area contributed by atoms with E-state index in [2.05, 4.69) is 10.4 Å². The summed E-state index contributed by atoms with van der Waals surface area (Å²) in [6.07, 6.45) is 8.35. The largest absolute Gasteiger partial charge is 0.337 e. The van der Waals surface area contributed by atoms with Gasteiger partial charge >= 0.3 is 0 Å². The summed E-state index contributed by atoms with van der Waals surface area (Å²) in [5.74, 6) is 0.261. The molecule has 1 amide bonds. The highest BCUT2D eigenvalue weighted by molar-refractivity contribution is 5.82. The molecule has 1 aromatic heterocycles. The van der Waals surface area contributed by atoms with Crippen molar-refractivity contribution in [1.82, 2.24) is 20.0 Å². The summed E-state index contributed by atoms with van der Waals surface area (Å²) in [6, 6.07) is 0.639. The number of aryl methyl sites for hydroxylation is 1. The Kier molecular flexibility index (Phi) is 3.07. The molecule has 0 bridgehead atoms. The van der Waals surface area contributed by atoms with Crippen LogP contribution < -0.4 is 5.32 Å². The number of carbonyl (C=O) groups excluding carboxylic acids is 1. The highest BCUT2D eigenvalue weighted by atomic mass is 16.2. The van der Waals surface area contributed by atoms with Crippen molar-refractivity contribution in [3.05, 3.63) is 18.0 Å². The second-order valence-electron chi connectivity index (χ2n) is 5.42. The Balaban J connectivity index is 1.62. The first kappa shape index (κ1) is 11.7. The van der Waals surface area contributed by atoms with Crippen LogP contribution in [0, 0.1) is 0 Å². The number of nitrogens with one attached hydrogen (secondary N) is 1. The summed E-state index contributed by atoms with van der Waals surface area (Å²) >= 11 is 0. The number of aromatic nitrogens is 2. The number of carbonyl (C=O) groups is 1. The Labute approximate surface area is 107 Å². The fraction of sp³-hybridized carbons (Fsp3) is 0.692. The predicted octanol–water partition coefficient (Wildman–Crippen LogP) is 0.663. The van der Waals surface area contributed by atoms with Crippen LogP contribution in [0.3, 0.4) is 0 Å². The van der Waals surface area contributed by atoms with Crippen molar-refractivity contribution in [2.24, 2.45) is 7.05 Å². The van der Waals surface area contributed by atoms with Crippen LogP contribution in [-0.4, -0.2) is 39.2 Å². The maximum absolute atomic E-state index is 12.3. The summed E-state index contributed by atoms with van der Waals surface area (Å²) < 4.78 is 1.78. The van der Waals surface area contributed by atoms with Gasteiger partial charge in [0, 0.05) is 37.9 Å². The van der Waals surface area contributed by atoms with Crippen LogP contribution in [0.15, 0.2) is 12.4 Å². The molecule has 0 radical (unpaired) electrons. The normalized spacial score (nSPS) is 24.6. The van der Waals surface area contributed by atoms with Crippen LogP contribution in [0.1, 0.15) is 31.2 Å². The minimum atomic E-state index is 0.0444. The predicted molar refractivity (Wildman–Crippen MR) is 67.8 cm³/mol. The maximum Gasteiger partial charge on any atom is 0.240 e. The van der Waals surface area contributed by atoms with Crippen LogP contribution in [0.4, 0.5) is 0 Å². The fourth-order valence-corrected chi connectivity index (χ4v) is 2.56. The molecule has 2 heterocycles. The highest BCUT2D eigenvalue weighted by Crippen LogP contribution is 2.23. The van der Waals surface area contributed by atoms with Crippen molar-refractivity contribution in [3.8, 4) is 0 Å². The lowest BCUT2D eigenvalue weighted by Crippen LogP contribution is -2.50. The van der Waals surface area contributed by atoms with Crippen LogP contribution >= 0.6 is 0 Å². The van der Waals surface area contributed by atoms with Crippen LogP contribution in [-0.2, 0) is 18.4 Å². The molecule has 5 nitrogen and oxygen atoms in total. The standard InChI is InChI=1S/C13H20N4O/c1-16-8-10(7-14-16)9-17-6-2-3-12(13(17)18)15-11-4-5-11/h7-8,11-12,15H,2-6,9H2,1H3. The van der Waals surface area contributed by atoms with Crippen molar-refractivity contribution in [1.29, 1.82) is 0 Å². The molecule has 1 saturated carbocycles. The Morgan fingerprint density at radius 2 is 2.28 bits per heavy atom. The molecule has 1 aromatic rings. The molecule has 1 unspecified atom stereocenters. The van der Waals surface area contributed by atoms with Gasteiger partial charge in [-0.15, -0.1) is 0 Å². The highest BCUT2D eigenvalue weighted by Gasteiger charge is 2.33. The molecule has 1 aliphatic heterocycles. The lowest BCUT2D eigenvalue weighted by Gasteiger charge is -2.32. The van der Waals surface area contributed by atoms with Crippen LogP contribution in [0.25, 0.3) is 0 Å². The van der Waals surface area contributed by atoms with E-state index >= 15 is 0 Å². The number of amides is 1. The Bertz CT molecular complexity index is 438. The topological polar surface area (TPSA) is 50.2 Å². The lowest BCUT2D eigenvalue weighted by atomic mass is 10.0. The van der Waals surface area contributed by atoms with Gasteiger partial charge in [0.15, 0.2) is 0 Å². The van der Waals surface area contributed by atoms with Crippen molar-refractivity contribution >= 4 is 5.91 Å². The molecule has 0 aromatic carbocycles. The van der Waals surface area contributed by atoms with E-state index < -0.39 is 0 Å². The molecule has 1 aliphatic carbocycles. The number of likely N-dealkylation sites (tertiary alicyclic amines) is 1. The SMILES string of the molecule is Cn1cc(CN2CCCC(NC3CC3)C2=O)cn1. The molecular weight excluding hydrogens is 228 g/mol. The van der Waals surface area contributed by atoms with Gasteiger partial charge < -0.3 is 10.2 Å². The Morgan fingerprint density at radius 1 is 1.44 bits per heavy atom. The average Bonchev–Trinajstić information content (AvgIpc) is 3.07. The maximum atomic E-state index is 12.3. The molecule has 1 N–H and O–H groups in total. The second kappa shape index (κ2) is 4.72. The molecule has 2 fully saturated rings. The number of piperidine rings is 1. The van der Waals surface area contributed by atoms with E-state index in [9.17, 15) is 4.79 Å². The van der Waals surface area contributed by atoms with Gasteiger partial charge in [0.05, 0.1) is 12.2 Å². The smallest absolute Gasteiger partial charge is 0.240 e. The van der Waals surface area contributed by atoms with Gasteiger partial charge in [-0.3, -0.25) is 9.48 Å². The van der Waals surface area contributed by atoms with Gasteiger partial charge in [-0.05, 0) is 25.7 Å². The Hall–Kier alpha value is -1.36. The first-order valence-corrected chi connectivity index (χ1v) is 6.75. The van der Waals surface area contributed by atoms with Gasteiger partial charge in [0.1, 0.15) is 0 Å². The van der Waals surface area contributed by atoms with Crippen molar-refractivity contribution in [3.63, 3.8) is 0 Å². The molecule has 0 spiro atoms. The van der Waals surface area contributed by atoms with Crippen LogP contribution in [0.2, 0.25) is 0 Å². The summed E-state index contributed by atoms with van der Waals surface area (Å²) in [5.41, 5.74) is 1.11. The zero-order valence-corrected chi connectivity index (χ0v) is 10.8. The second-order valence-corrected chi connectivity index (χ2v) is 5.42. The quantitative estimate of drug-likeness (QED) is 0.851. The molecule has 3 rings (SSSR count). The van der Waals surface area contributed by atoms with Gasteiger partial charge in [0.2, 0.25) is 5.91 Å². The van der Waals surface area contributed by atoms with Crippen molar-refractivity contribution in [2.75, 3.05) is 6.54 Å². The third-order valence-corrected chi connectivity index (χ3v) is 3.68. The molecular formula is C13H20N4O. The van der Waals surface area contributed by atoms with E-state index in [1.807, 2.05) is 24.3 Å². The van der Waals surface area contributed by atoms with E-state index in [4.69, 9.17) is 0 Å². The zero-order valence-electron chi connectivity index (χ0n) is 10.8. The number of hydrogen-bond acceptors (Lipinski definition) is 3. The molecule has 1 saturated heterocycles. The van der Waals surface area contributed by atoms with Crippen molar-refractivity contribution in [2.45, 2.75) is 44.3 Å². The molecule has 98 valence electrons. The first-order valence-electron chi connectivity index (χ1n) is 6.75. The van der Waals surface area contributed by atoms with Crippen molar-refractivity contribution < 1.29 is 4.79 Å². The van der Waals surface area contributed by atoms with E-state index in [1.54, 1.807) is 4.68 Å². The fourth-order valence-electron chi connectivity index (χ4n) is 2.56. The van der Waals surface area contributed by atoms with E-state index in [1.165, 1.54) is 12.8 Å². The van der Waals surface area contributed by atoms with Crippen LogP contribution in [0.5, 0.6) is 0 Å². The zero-order chi connectivity index (χ0) is 12.5. The third kappa shape index (κ3) is 2.56.